The number of hydrogen-bond donors (Lipinski definition) is 1. The summed E-state index contributed by atoms with van der Waals surface area (Å²) in [6.07, 6.45) is 0.800. The van der Waals surface area contributed by atoms with Gasteiger partial charge in [0.15, 0.2) is 5.96 Å². The lowest BCUT2D eigenvalue weighted by Gasteiger charge is -2.38. The molecule has 0 aromatic heterocycles. The van der Waals surface area contributed by atoms with Crippen LogP contribution in [0, 0.1) is 5.82 Å². The van der Waals surface area contributed by atoms with Crippen LogP contribution in [0.1, 0.15) is 13.3 Å². The van der Waals surface area contributed by atoms with E-state index < -0.39 is 0 Å². The number of anilines is 1. The molecule has 96 valence electrons. The van der Waals surface area contributed by atoms with E-state index in [2.05, 4.69) is 4.99 Å². The summed E-state index contributed by atoms with van der Waals surface area (Å²) in [5, 5.41) is 0. The Morgan fingerprint density at radius 1 is 1.50 bits per heavy atom. The zero-order valence-corrected chi connectivity index (χ0v) is 10.3. The molecule has 0 amide bonds. The van der Waals surface area contributed by atoms with Crippen molar-refractivity contribution in [2.75, 3.05) is 18.1 Å². The van der Waals surface area contributed by atoms with Crippen molar-refractivity contribution >= 4 is 11.6 Å². The summed E-state index contributed by atoms with van der Waals surface area (Å²) in [7, 11) is 0. The lowest BCUT2D eigenvalue weighted by Crippen LogP contribution is -2.56. The molecule has 0 saturated carbocycles. The smallest absolute Gasteiger partial charge is 0.196 e. The zero-order chi connectivity index (χ0) is 12.8. The van der Waals surface area contributed by atoms with E-state index in [1.54, 1.807) is 23.1 Å². The molecule has 2 N–H and O–H groups in total. The topological polar surface area (TPSA) is 50.9 Å². The van der Waals surface area contributed by atoms with Crippen LogP contribution in [0.5, 0.6) is 0 Å². The van der Waals surface area contributed by atoms with Crippen molar-refractivity contribution in [3.8, 4) is 0 Å². The molecule has 4 nitrogen and oxygen atoms in total. The summed E-state index contributed by atoms with van der Waals surface area (Å²) in [5.41, 5.74) is 6.10. The van der Waals surface area contributed by atoms with Crippen molar-refractivity contribution < 1.29 is 9.13 Å². The number of nitrogens with zero attached hydrogens (tertiary/aromatic N) is 2. The van der Waals surface area contributed by atoms with Crippen LogP contribution in [0.15, 0.2) is 29.3 Å². The highest BCUT2D eigenvalue weighted by Crippen LogP contribution is 2.39. The fourth-order valence-electron chi connectivity index (χ4n) is 2.86. The van der Waals surface area contributed by atoms with Crippen LogP contribution in [0.4, 0.5) is 10.1 Å². The van der Waals surface area contributed by atoms with Gasteiger partial charge in [-0.3, -0.25) is 9.89 Å². The second-order valence-electron chi connectivity index (χ2n) is 4.83. The molecule has 1 saturated heterocycles. The molecule has 3 rings (SSSR count). The average molecular weight is 249 g/mol. The maximum atomic E-state index is 14.0. The molecule has 0 radical (unpaired) electrons. The van der Waals surface area contributed by atoms with Crippen LogP contribution in [0.25, 0.3) is 0 Å². The fraction of sp³-hybridized carbons (Fsp3) is 0.462. The molecular formula is C13H16FN3O. The first kappa shape index (κ1) is 11.5. The summed E-state index contributed by atoms with van der Waals surface area (Å²) in [6.45, 7) is 3.22. The van der Waals surface area contributed by atoms with Crippen molar-refractivity contribution in [3.05, 3.63) is 30.1 Å². The molecule has 0 bridgehead atoms. The third kappa shape index (κ3) is 1.43. The Labute approximate surface area is 105 Å². The molecule has 1 fully saturated rings. The maximum absolute atomic E-state index is 14.0. The zero-order valence-electron chi connectivity index (χ0n) is 10.3. The van der Waals surface area contributed by atoms with Crippen LogP contribution in [0.3, 0.4) is 0 Å². The van der Waals surface area contributed by atoms with E-state index in [0.717, 1.165) is 6.42 Å². The van der Waals surface area contributed by atoms with Crippen molar-refractivity contribution in [1.82, 2.24) is 0 Å². The Balaban J connectivity index is 2.08. The van der Waals surface area contributed by atoms with Crippen molar-refractivity contribution in [1.29, 1.82) is 0 Å². The van der Waals surface area contributed by atoms with Crippen molar-refractivity contribution in [2.45, 2.75) is 25.0 Å². The molecule has 2 aliphatic rings. The minimum absolute atomic E-state index is 0.0121. The van der Waals surface area contributed by atoms with E-state index in [0.29, 0.717) is 24.8 Å². The van der Waals surface area contributed by atoms with E-state index >= 15 is 0 Å². The highest BCUT2D eigenvalue weighted by atomic mass is 19.1. The van der Waals surface area contributed by atoms with Gasteiger partial charge in [-0.05, 0) is 25.5 Å². The highest BCUT2D eigenvalue weighted by molar-refractivity contribution is 5.98. The molecule has 5 heteroatoms. The van der Waals surface area contributed by atoms with Gasteiger partial charge < -0.3 is 10.5 Å². The maximum Gasteiger partial charge on any atom is 0.196 e. The Hall–Kier alpha value is -1.62. The number of guanidine groups is 1. The Kier molecular flexibility index (Phi) is 2.52. The number of para-hydroxylation sites is 1. The lowest BCUT2D eigenvalue weighted by atomic mass is 9.90. The highest BCUT2D eigenvalue weighted by Gasteiger charge is 2.51. The van der Waals surface area contributed by atoms with Gasteiger partial charge in [-0.25, -0.2) is 4.39 Å². The van der Waals surface area contributed by atoms with Crippen LogP contribution in [-0.2, 0) is 4.74 Å². The first-order chi connectivity index (χ1) is 8.65. The normalized spacial score (nSPS) is 31.1. The third-order valence-corrected chi connectivity index (χ3v) is 3.94. The minimum atomic E-state index is -0.327. The van der Waals surface area contributed by atoms with Crippen LogP contribution >= 0.6 is 0 Å². The Bertz CT molecular complexity index is 505. The molecular weight excluding hydrogens is 233 g/mol. The molecule has 2 unspecified atom stereocenters. The van der Waals surface area contributed by atoms with Crippen LogP contribution < -0.4 is 10.6 Å². The molecule has 2 heterocycles. The Morgan fingerprint density at radius 3 is 2.94 bits per heavy atom. The van der Waals surface area contributed by atoms with E-state index in [4.69, 9.17) is 10.5 Å². The van der Waals surface area contributed by atoms with Gasteiger partial charge >= 0.3 is 0 Å². The molecule has 18 heavy (non-hydrogen) atoms. The fourth-order valence-corrected chi connectivity index (χ4v) is 2.86. The number of benzene rings is 1. The minimum Gasteiger partial charge on any atom is -0.376 e. The predicted molar refractivity (Wildman–Crippen MR) is 68.1 cm³/mol. The molecule has 2 atom stereocenters. The number of hydrogen-bond acceptors (Lipinski definition) is 4. The second kappa shape index (κ2) is 3.95. The summed E-state index contributed by atoms with van der Waals surface area (Å²) in [6, 6.07) is 6.65. The van der Waals surface area contributed by atoms with Gasteiger partial charge in [0.05, 0.1) is 23.9 Å². The van der Waals surface area contributed by atoms with Gasteiger partial charge in [0.1, 0.15) is 5.82 Å². The van der Waals surface area contributed by atoms with Crippen molar-refractivity contribution in [3.63, 3.8) is 0 Å². The number of aliphatic imine (C=N–C) groups is 1. The predicted octanol–water partition coefficient (Wildman–Crippen LogP) is 1.51. The van der Waals surface area contributed by atoms with Crippen LogP contribution in [-0.4, -0.2) is 30.8 Å². The average Bonchev–Trinajstić information content (AvgIpc) is 2.87. The summed E-state index contributed by atoms with van der Waals surface area (Å²) in [5.74, 6) is 0.0912. The van der Waals surface area contributed by atoms with E-state index in [1.165, 1.54) is 6.07 Å². The first-order valence-corrected chi connectivity index (χ1v) is 6.11. The summed E-state index contributed by atoms with van der Waals surface area (Å²) < 4.78 is 19.6. The van der Waals surface area contributed by atoms with E-state index in [1.807, 2.05) is 6.92 Å². The standard InChI is InChI=1S/C13H16FN3O/c1-9-13(6-7-18-9)8-16-12(15)17(13)11-5-3-2-4-10(11)14/h2-5,9H,6-8H2,1H3,(H2,15,16). The first-order valence-electron chi connectivity index (χ1n) is 6.11. The molecule has 0 aliphatic carbocycles. The summed E-state index contributed by atoms with van der Waals surface area (Å²) >= 11 is 0. The largest absolute Gasteiger partial charge is 0.376 e. The molecule has 1 aromatic carbocycles. The lowest BCUT2D eigenvalue weighted by molar-refractivity contribution is 0.100. The van der Waals surface area contributed by atoms with Gasteiger partial charge in [-0.15, -0.1) is 0 Å². The number of ether oxygens (including phenoxy) is 1. The molecule has 1 aromatic rings. The van der Waals surface area contributed by atoms with Gasteiger partial charge in [0.25, 0.3) is 0 Å². The molecule has 1 spiro atoms. The van der Waals surface area contributed by atoms with E-state index in [-0.39, 0.29) is 17.5 Å². The number of rotatable bonds is 1. The summed E-state index contributed by atoms with van der Waals surface area (Å²) in [4.78, 5) is 6.10. The quantitative estimate of drug-likeness (QED) is 0.820. The van der Waals surface area contributed by atoms with Gasteiger partial charge in [0, 0.05) is 6.61 Å². The van der Waals surface area contributed by atoms with Crippen molar-refractivity contribution in [2.24, 2.45) is 10.7 Å². The number of halogens is 1. The van der Waals surface area contributed by atoms with Crippen LogP contribution in [0.2, 0.25) is 0 Å². The number of nitrogens with two attached hydrogens (primary N) is 1. The van der Waals surface area contributed by atoms with Gasteiger partial charge in [-0.1, -0.05) is 12.1 Å². The SMILES string of the molecule is CC1OCCC12CN=C(N)N2c1ccccc1F. The monoisotopic (exact) mass is 249 g/mol. The second-order valence-corrected chi connectivity index (χ2v) is 4.83. The third-order valence-electron chi connectivity index (χ3n) is 3.94. The van der Waals surface area contributed by atoms with Gasteiger partial charge in [-0.2, -0.15) is 0 Å². The Morgan fingerprint density at radius 2 is 2.28 bits per heavy atom. The van der Waals surface area contributed by atoms with Gasteiger partial charge in [0.2, 0.25) is 0 Å². The molecule has 2 aliphatic heterocycles. The van der Waals surface area contributed by atoms with E-state index in [9.17, 15) is 4.39 Å².